The van der Waals surface area contributed by atoms with Crippen LogP contribution in [0.5, 0.6) is 0 Å². The van der Waals surface area contributed by atoms with E-state index in [2.05, 4.69) is 160 Å². The van der Waals surface area contributed by atoms with Gasteiger partial charge in [-0.2, -0.15) is 0 Å². The molecule has 4 aromatic rings. The predicted octanol–water partition coefficient (Wildman–Crippen LogP) is 1.86. The maximum atomic E-state index is 4.77. The monoisotopic (exact) mass is 639 g/mol. The summed E-state index contributed by atoms with van der Waals surface area (Å²) in [5.41, 5.74) is 17.4. The zero-order valence-corrected chi connectivity index (χ0v) is 26.3. The van der Waals surface area contributed by atoms with E-state index in [1.54, 1.807) is 0 Å². The van der Waals surface area contributed by atoms with Crippen molar-refractivity contribution in [3.63, 3.8) is 0 Å². The van der Waals surface area contributed by atoms with Crippen LogP contribution >= 0.6 is 0 Å². The van der Waals surface area contributed by atoms with E-state index >= 15 is 0 Å². The Labute approximate surface area is 282 Å². The molecule has 1 N–H and O–H groups in total. The average Bonchev–Trinajstić information content (AvgIpc) is 3.98. The molecule has 0 bridgehead atoms. The fraction of sp³-hybridized carbons (Fsp3) is 0.0476. The minimum Gasteiger partial charge on any atom is -0.360 e. The number of hydrogen-bond acceptors (Lipinski definition) is 1. The Kier molecular flexibility index (Phi) is 3.29. The van der Waals surface area contributed by atoms with Crippen molar-refractivity contribution in [2.75, 3.05) is 0 Å². The topological polar surface area (TPSA) is 52.0 Å². The highest BCUT2D eigenvalue weighted by molar-refractivity contribution is 6.17. The molecule has 2 unspecified atom stereocenters. The molecular formula is C42H23N8+3. The summed E-state index contributed by atoms with van der Waals surface area (Å²) in [5.74, 6) is -0.793. The molecule has 16 rings (SSSR count). The lowest BCUT2D eigenvalue weighted by atomic mass is 9.90. The summed E-state index contributed by atoms with van der Waals surface area (Å²) in [6, 6.07) is 13.4. The fourth-order valence-electron chi connectivity index (χ4n) is 10.9. The van der Waals surface area contributed by atoms with Crippen LogP contribution in [0.3, 0.4) is 0 Å². The normalized spacial score (nSPS) is 27.0. The first-order valence-corrected chi connectivity index (χ1v) is 17.2. The highest BCUT2D eigenvalue weighted by Crippen LogP contribution is 2.51. The lowest BCUT2D eigenvalue weighted by molar-refractivity contribution is -0.812. The van der Waals surface area contributed by atoms with E-state index in [-0.39, 0.29) is 5.79 Å². The van der Waals surface area contributed by atoms with Gasteiger partial charge in [-0.25, -0.2) is 4.57 Å². The second-order valence-corrected chi connectivity index (χ2v) is 14.5. The largest absolute Gasteiger partial charge is 0.485 e. The van der Waals surface area contributed by atoms with Crippen LogP contribution in [0.4, 0.5) is 0 Å². The van der Waals surface area contributed by atoms with Crippen LogP contribution < -0.4 is 21.4 Å². The van der Waals surface area contributed by atoms with Gasteiger partial charge < -0.3 is 4.98 Å². The third-order valence-corrected chi connectivity index (χ3v) is 12.4. The molecule has 0 aliphatic carbocycles. The van der Waals surface area contributed by atoms with Crippen LogP contribution in [0, 0.1) is 0 Å². The van der Waals surface area contributed by atoms with E-state index < -0.39 is 5.79 Å². The first-order valence-electron chi connectivity index (χ1n) is 17.2. The summed E-state index contributed by atoms with van der Waals surface area (Å²) in [4.78, 5) is 8.29. The quantitative estimate of drug-likeness (QED) is 0.286. The number of aromatic nitrogens is 4. The molecule has 0 saturated carbocycles. The van der Waals surface area contributed by atoms with Gasteiger partial charge in [0, 0.05) is 84.3 Å². The Morgan fingerprint density at radius 1 is 0.560 bits per heavy atom. The SMILES string of the molecule is C1=CC2=[N+]3C1=Cc1[nH]cc4c1C31n3c(ccc3=C4)=CC3=[N+]1C(=C2)C=C3.C1=CC2=[N+]3C1=Cc1ccc4n1C31C3=C(C=NC3=C4)C=c3ccc(n31)=C2. The van der Waals surface area contributed by atoms with Crippen molar-refractivity contribution in [2.24, 2.45) is 4.99 Å². The molecule has 0 saturated heterocycles. The summed E-state index contributed by atoms with van der Waals surface area (Å²) in [7, 11) is 0. The Balaban J connectivity index is 0.000000102. The first kappa shape index (κ1) is 23.5. The molecule has 50 heavy (non-hydrogen) atoms. The van der Waals surface area contributed by atoms with Gasteiger partial charge in [0.25, 0.3) is 0 Å². The van der Waals surface area contributed by atoms with Crippen LogP contribution in [0.1, 0.15) is 28.2 Å². The van der Waals surface area contributed by atoms with Gasteiger partial charge in [-0.3, -0.25) is 14.1 Å². The van der Waals surface area contributed by atoms with Crippen molar-refractivity contribution >= 4 is 65.9 Å². The summed E-state index contributed by atoms with van der Waals surface area (Å²) in [6.07, 6.45) is 35.8. The zero-order chi connectivity index (χ0) is 31.8. The van der Waals surface area contributed by atoms with Gasteiger partial charge in [-0.15, -0.1) is 13.7 Å². The van der Waals surface area contributed by atoms with E-state index in [4.69, 9.17) is 4.99 Å². The molecule has 16 heterocycles. The Morgan fingerprint density at radius 3 is 2.00 bits per heavy atom. The Bertz CT molecular complexity index is 3190. The minimum absolute atomic E-state index is 0.381. The summed E-state index contributed by atoms with van der Waals surface area (Å²) in [6.45, 7) is 0. The van der Waals surface area contributed by atoms with Gasteiger partial charge in [-0.1, -0.05) is 0 Å². The number of H-pyrrole nitrogens is 1. The lowest BCUT2D eigenvalue weighted by Crippen LogP contribution is -2.66. The number of aromatic amines is 1. The second-order valence-electron chi connectivity index (χ2n) is 14.5. The van der Waals surface area contributed by atoms with Crippen molar-refractivity contribution in [3.8, 4) is 0 Å². The molecule has 12 aliphatic rings. The fourth-order valence-corrected chi connectivity index (χ4v) is 10.9. The molecular weight excluding hydrogens is 617 g/mol. The molecule has 0 radical (unpaired) electrons. The van der Waals surface area contributed by atoms with Crippen molar-refractivity contribution in [1.29, 1.82) is 0 Å². The molecule has 0 aromatic carbocycles. The maximum Gasteiger partial charge on any atom is 0.485 e. The number of aliphatic imine (C=N–C) groups is 1. The molecule has 4 aromatic heterocycles. The maximum absolute atomic E-state index is 4.77. The van der Waals surface area contributed by atoms with Crippen molar-refractivity contribution in [2.45, 2.75) is 11.6 Å². The van der Waals surface area contributed by atoms with E-state index in [9.17, 15) is 0 Å². The molecule has 0 amide bonds. The lowest BCUT2D eigenvalue weighted by Gasteiger charge is -2.43. The van der Waals surface area contributed by atoms with Crippen molar-refractivity contribution in [1.82, 2.24) is 18.7 Å². The summed E-state index contributed by atoms with van der Waals surface area (Å²) >= 11 is 0. The second kappa shape index (κ2) is 6.99. The van der Waals surface area contributed by atoms with Gasteiger partial charge in [0.15, 0.2) is 5.56 Å². The van der Waals surface area contributed by atoms with Crippen LogP contribution in [-0.4, -0.2) is 55.8 Å². The summed E-state index contributed by atoms with van der Waals surface area (Å²) < 4.78 is 14.9. The smallest absolute Gasteiger partial charge is 0.360 e. The van der Waals surface area contributed by atoms with Crippen LogP contribution in [-0.2, 0) is 11.6 Å². The number of allylic oxidation sites excluding steroid dienone is 8. The Hall–Kier alpha value is -6.80. The highest BCUT2D eigenvalue weighted by atomic mass is 15.5. The number of nitrogens with zero attached hydrogens (tertiary/aromatic N) is 7. The van der Waals surface area contributed by atoms with E-state index in [0.29, 0.717) is 0 Å². The van der Waals surface area contributed by atoms with E-state index in [0.717, 1.165) is 5.70 Å². The van der Waals surface area contributed by atoms with Crippen LogP contribution in [0.25, 0.3) is 42.5 Å². The van der Waals surface area contributed by atoms with Crippen molar-refractivity contribution in [3.05, 3.63) is 169 Å². The molecule has 12 aliphatic heterocycles. The highest BCUT2D eigenvalue weighted by Gasteiger charge is 2.70. The van der Waals surface area contributed by atoms with Crippen molar-refractivity contribution < 1.29 is 13.7 Å². The zero-order valence-electron chi connectivity index (χ0n) is 26.3. The average molecular weight is 640 g/mol. The third-order valence-electron chi connectivity index (χ3n) is 12.4. The predicted molar refractivity (Wildman–Crippen MR) is 191 cm³/mol. The van der Waals surface area contributed by atoms with Gasteiger partial charge in [-0.05, 0) is 54.6 Å². The molecule has 0 fully saturated rings. The van der Waals surface area contributed by atoms with Gasteiger partial charge in [0.2, 0.25) is 34.2 Å². The molecule has 8 nitrogen and oxygen atoms in total. The first-order chi connectivity index (χ1) is 24.7. The van der Waals surface area contributed by atoms with E-state index in [1.165, 1.54) is 95.0 Å². The number of hydrogen-bond donors (Lipinski definition) is 1. The van der Waals surface area contributed by atoms with Gasteiger partial charge >= 0.3 is 11.6 Å². The molecule has 2 atom stereocenters. The molecule has 2 spiro atoms. The summed E-state index contributed by atoms with van der Waals surface area (Å²) in [5, 5.41) is 4.99. The number of rotatable bonds is 0. The Morgan fingerprint density at radius 2 is 1.20 bits per heavy atom. The number of nitrogens with one attached hydrogen (secondary N) is 1. The van der Waals surface area contributed by atoms with Gasteiger partial charge in [0.05, 0.1) is 50.3 Å². The molecule has 8 heteroatoms. The van der Waals surface area contributed by atoms with Crippen LogP contribution in [0.2, 0.25) is 0 Å². The van der Waals surface area contributed by atoms with Crippen LogP contribution in [0.15, 0.2) is 124 Å². The minimum atomic E-state index is -0.412. The molecule has 228 valence electrons. The standard InChI is InChI=1S/2C21H11N4/c2*1-2-14-8-15-3-4-16-9-17-5-6-18-10-19-20-12(11-22-19)7-13(1)23(14)21(20,24(15)16)25(17)18/h2*1-11H/q2*+1/p+1. The third kappa shape index (κ3) is 2.12. The van der Waals surface area contributed by atoms with E-state index in [1.807, 2.05) is 6.21 Å². The van der Waals surface area contributed by atoms with Gasteiger partial charge in [0.1, 0.15) is 5.57 Å².